The van der Waals surface area contributed by atoms with Crippen LogP contribution in [0.15, 0.2) is 75.1 Å². The van der Waals surface area contributed by atoms with E-state index in [0.717, 1.165) is 14.9 Å². The third kappa shape index (κ3) is 3.99. The number of hydrogen-bond acceptors (Lipinski definition) is 6. The van der Waals surface area contributed by atoms with Crippen molar-refractivity contribution in [2.45, 2.75) is 6.61 Å². The van der Waals surface area contributed by atoms with Crippen LogP contribution in [0, 0.1) is 0 Å². The molecule has 0 fully saturated rings. The number of rotatable bonds is 5. The molecule has 0 radical (unpaired) electrons. The van der Waals surface area contributed by atoms with Crippen LogP contribution in [0.5, 0.6) is 0 Å². The first-order valence-corrected chi connectivity index (χ1v) is 9.70. The third-order valence-electron chi connectivity index (χ3n) is 3.73. The summed E-state index contributed by atoms with van der Waals surface area (Å²) < 4.78 is 12.2. The largest absolute Gasteiger partial charge is 0.456 e. The van der Waals surface area contributed by atoms with Crippen LogP contribution in [-0.4, -0.2) is 15.9 Å². The van der Waals surface area contributed by atoms with E-state index >= 15 is 0 Å². The number of carbonyl (C=O) groups is 1. The molecule has 0 saturated heterocycles. The van der Waals surface area contributed by atoms with Gasteiger partial charge in [0.25, 0.3) is 0 Å². The molecule has 7 heteroatoms. The van der Waals surface area contributed by atoms with E-state index in [1.54, 1.807) is 6.20 Å². The molecule has 5 nitrogen and oxygen atoms in total. The minimum atomic E-state index is -0.550. The standard InChI is InChI=1S/C20H13BrN2O3S/c21-15-11-22-19(27-15)17-16(20(24)25-12-13-7-3-1-4-8-13)23-18(26-17)14-9-5-2-6-10-14/h1-11H,12H2. The lowest BCUT2D eigenvalue weighted by Crippen LogP contribution is -2.07. The summed E-state index contributed by atoms with van der Waals surface area (Å²) in [5, 5.41) is 0.559. The Bertz CT molecular complexity index is 1060. The molecule has 4 rings (SSSR count). The third-order valence-corrected chi connectivity index (χ3v) is 5.20. The fourth-order valence-corrected chi connectivity index (χ4v) is 3.65. The van der Waals surface area contributed by atoms with Crippen LogP contribution in [0.25, 0.3) is 22.2 Å². The Kier molecular flexibility index (Phi) is 5.13. The van der Waals surface area contributed by atoms with Crippen molar-refractivity contribution in [2.24, 2.45) is 0 Å². The molecular formula is C20H13BrN2O3S. The fourth-order valence-electron chi connectivity index (χ4n) is 2.46. The van der Waals surface area contributed by atoms with E-state index in [1.807, 2.05) is 60.7 Å². The van der Waals surface area contributed by atoms with Crippen molar-refractivity contribution >= 4 is 33.2 Å². The van der Waals surface area contributed by atoms with Crippen LogP contribution in [-0.2, 0) is 11.3 Å². The van der Waals surface area contributed by atoms with E-state index in [0.29, 0.717) is 16.7 Å². The second-order valence-electron chi connectivity index (χ2n) is 5.59. The van der Waals surface area contributed by atoms with E-state index in [4.69, 9.17) is 9.15 Å². The SMILES string of the molecule is O=C(OCc1ccccc1)c1nc(-c2ccccc2)oc1-c1ncc(Br)s1. The highest BCUT2D eigenvalue weighted by Crippen LogP contribution is 2.34. The summed E-state index contributed by atoms with van der Waals surface area (Å²) in [7, 11) is 0. The van der Waals surface area contributed by atoms with Crippen LogP contribution in [0.4, 0.5) is 0 Å². The van der Waals surface area contributed by atoms with E-state index < -0.39 is 5.97 Å². The zero-order valence-electron chi connectivity index (χ0n) is 14.0. The molecule has 2 aromatic heterocycles. The van der Waals surface area contributed by atoms with Crippen molar-refractivity contribution in [2.75, 3.05) is 0 Å². The van der Waals surface area contributed by atoms with Gasteiger partial charge in [-0.05, 0) is 33.6 Å². The van der Waals surface area contributed by atoms with Gasteiger partial charge in [0, 0.05) is 5.56 Å². The first-order chi connectivity index (χ1) is 13.2. The van der Waals surface area contributed by atoms with Crippen LogP contribution >= 0.6 is 27.3 Å². The molecule has 0 spiro atoms. The normalized spacial score (nSPS) is 10.7. The number of hydrogen-bond donors (Lipinski definition) is 0. The molecule has 2 heterocycles. The highest BCUT2D eigenvalue weighted by Gasteiger charge is 2.25. The highest BCUT2D eigenvalue weighted by atomic mass is 79.9. The van der Waals surface area contributed by atoms with Crippen LogP contribution in [0.2, 0.25) is 0 Å². The average Bonchev–Trinajstić information content (AvgIpc) is 3.34. The van der Waals surface area contributed by atoms with E-state index in [-0.39, 0.29) is 12.3 Å². The van der Waals surface area contributed by atoms with Gasteiger partial charge < -0.3 is 9.15 Å². The molecule has 0 amide bonds. The Morgan fingerprint density at radius 3 is 2.44 bits per heavy atom. The Labute approximate surface area is 167 Å². The number of benzene rings is 2. The summed E-state index contributed by atoms with van der Waals surface area (Å²) in [6, 6.07) is 18.9. The number of ether oxygens (including phenoxy) is 1. The molecule has 0 atom stereocenters. The Morgan fingerprint density at radius 2 is 1.78 bits per heavy atom. The van der Waals surface area contributed by atoms with Crippen molar-refractivity contribution in [1.29, 1.82) is 0 Å². The fraction of sp³-hybridized carbons (Fsp3) is 0.0500. The van der Waals surface area contributed by atoms with Crippen molar-refractivity contribution in [3.05, 3.63) is 81.9 Å². The van der Waals surface area contributed by atoms with Gasteiger partial charge in [0.15, 0.2) is 16.5 Å². The van der Waals surface area contributed by atoms with Crippen LogP contribution in [0.1, 0.15) is 16.1 Å². The molecule has 0 saturated carbocycles. The molecule has 2 aromatic carbocycles. The van der Waals surface area contributed by atoms with Gasteiger partial charge in [-0.1, -0.05) is 48.5 Å². The molecule has 0 bridgehead atoms. The topological polar surface area (TPSA) is 65.2 Å². The average molecular weight is 441 g/mol. The van der Waals surface area contributed by atoms with Gasteiger partial charge in [-0.3, -0.25) is 0 Å². The Morgan fingerprint density at radius 1 is 1.07 bits per heavy atom. The summed E-state index contributed by atoms with van der Waals surface area (Å²) in [5.41, 5.74) is 1.79. The number of halogens is 1. The maximum Gasteiger partial charge on any atom is 0.361 e. The predicted molar refractivity (Wildman–Crippen MR) is 106 cm³/mol. The van der Waals surface area contributed by atoms with Gasteiger partial charge in [0.1, 0.15) is 6.61 Å². The number of thiazole rings is 1. The lowest BCUT2D eigenvalue weighted by Gasteiger charge is -2.03. The quantitative estimate of drug-likeness (QED) is 0.378. The van der Waals surface area contributed by atoms with Crippen LogP contribution < -0.4 is 0 Å². The first-order valence-electron chi connectivity index (χ1n) is 8.10. The van der Waals surface area contributed by atoms with Crippen LogP contribution in [0.3, 0.4) is 0 Å². The molecule has 4 aromatic rings. The number of oxazole rings is 1. The number of nitrogens with zero attached hydrogens (tertiary/aromatic N) is 2. The Hall–Kier alpha value is -2.77. The molecule has 0 aliphatic carbocycles. The molecular weight excluding hydrogens is 428 g/mol. The van der Waals surface area contributed by atoms with Crippen molar-refractivity contribution in [1.82, 2.24) is 9.97 Å². The van der Waals surface area contributed by atoms with Gasteiger partial charge in [0.2, 0.25) is 5.89 Å². The van der Waals surface area contributed by atoms with Gasteiger partial charge in [-0.2, -0.15) is 0 Å². The molecule has 0 aliphatic heterocycles. The minimum absolute atomic E-state index is 0.117. The number of aromatic nitrogens is 2. The predicted octanol–water partition coefficient (Wildman–Crippen LogP) is 5.58. The van der Waals surface area contributed by atoms with Gasteiger partial charge >= 0.3 is 5.97 Å². The summed E-state index contributed by atoms with van der Waals surface area (Å²) in [5.74, 6) is 0.109. The monoisotopic (exact) mass is 440 g/mol. The maximum absolute atomic E-state index is 12.7. The van der Waals surface area contributed by atoms with Crippen molar-refractivity contribution in [3.63, 3.8) is 0 Å². The van der Waals surface area contributed by atoms with Crippen molar-refractivity contribution < 1.29 is 13.9 Å². The van der Waals surface area contributed by atoms with Gasteiger partial charge in [0.05, 0.1) is 9.98 Å². The molecule has 0 unspecified atom stereocenters. The minimum Gasteiger partial charge on any atom is -0.456 e. The maximum atomic E-state index is 12.7. The summed E-state index contributed by atoms with van der Waals surface area (Å²) in [6.07, 6.45) is 1.66. The van der Waals surface area contributed by atoms with E-state index in [1.165, 1.54) is 11.3 Å². The summed E-state index contributed by atoms with van der Waals surface area (Å²) in [4.78, 5) is 21.4. The second-order valence-corrected chi connectivity index (χ2v) is 8.00. The summed E-state index contributed by atoms with van der Waals surface area (Å²) in [6.45, 7) is 0.161. The lowest BCUT2D eigenvalue weighted by molar-refractivity contribution is 0.0467. The Balaban J connectivity index is 1.67. The molecule has 134 valence electrons. The second kappa shape index (κ2) is 7.85. The number of esters is 1. The number of carbonyl (C=O) groups excluding carboxylic acids is 1. The van der Waals surface area contributed by atoms with E-state index in [9.17, 15) is 4.79 Å². The lowest BCUT2D eigenvalue weighted by atomic mass is 10.2. The van der Waals surface area contributed by atoms with E-state index in [2.05, 4.69) is 25.9 Å². The smallest absolute Gasteiger partial charge is 0.361 e. The molecule has 0 N–H and O–H groups in total. The zero-order valence-corrected chi connectivity index (χ0v) is 16.4. The summed E-state index contributed by atoms with van der Waals surface area (Å²) >= 11 is 4.74. The zero-order chi connectivity index (χ0) is 18.6. The molecule has 27 heavy (non-hydrogen) atoms. The highest BCUT2D eigenvalue weighted by molar-refractivity contribution is 9.11. The van der Waals surface area contributed by atoms with Gasteiger partial charge in [-0.15, -0.1) is 11.3 Å². The van der Waals surface area contributed by atoms with Gasteiger partial charge in [-0.25, -0.2) is 14.8 Å². The first kappa shape index (κ1) is 17.6. The molecule has 0 aliphatic rings. The van der Waals surface area contributed by atoms with Crippen molar-refractivity contribution in [3.8, 4) is 22.2 Å².